The Balaban J connectivity index is 1.49. The van der Waals surface area contributed by atoms with Crippen LogP contribution in [0.25, 0.3) is 10.9 Å². The second kappa shape index (κ2) is 12.2. The third kappa shape index (κ3) is 6.04. The quantitative estimate of drug-likeness (QED) is 0.254. The minimum absolute atomic E-state index is 0.00186. The molecule has 2 aliphatic heterocycles. The van der Waals surface area contributed by atoms with E-state index in [1.165, 1.54) is 22.3 Å². The molecule has 0 aliphatic carbocycles. The van der Waals surface area contributed by atoms with E-state index in [9.17, 15) is 18.0 Å². The smallest absolute Gasteiger partial charge is 0.242 e. The number of aryl methyl sites for hydroxylation is 1. The average Bonchev–Trinajstić information content (AvgIpc) is 3.52. The molecule has 0 radical (unpaired) electrons. The second-order valence-electron chi connectivity index (χ2n) is 11.4. The number of likely N-dealkylation sites (tertiary alicyclic amines) is 1. The predicted octanol–water partition coefficient (Wildman–Crippen LogP) is 6.00. The van der Waals surface area contributed by atoms with Crippen molar-refractivity contribution in [1.82, 2.24) is 19.1 Å². The molecule has 2 fully saturated rings. The Hall–Kier alpha value is -2.83. The summed E-state index contributed by atoms with van der Waals surface area (Å²) in [6, 6.07) is 20.8. The average molecular weight is 716 g/mol. The maximum Gasteiger partial charge on any atom is 0.242 e. The highest BCUT2D eigenvalue weighted by Gasteiger charge is 2.60. The van der Waals surface area contributed by atoms with E-state index < -0.39 is 20.8 Å². The minimum atomic E-state index is -3.38. The van der Waals surface area contributed by atoms with E-state index >= 15 is 0 Å². The fourth-order valence-corrected chi connectivity index (χ4v) is 8.92. The summed E-state index contributed by atoms with van der Waals surface area (Å²) in [6.45, 7) is 3.25. The molecule has 4 aromatic rings. The Bertz CT molecular complexity index is 1820. The van der Waals surface area contributed by atoms with Crippen molar-refractivity contribution in [2.75, 3.05) is 32.4 Å². The number of amides is 2. The molecule has 3 heterocycles. The summed E-state index contributed by atoms with van der Waals surface area (Å²) in [4.78, 5) is 36.9. The number of rotatable bonds is 7. The van der Waals surface area contributed by atoms with Crippen molar-refractivity contribution in [3.05, 3.63) is 99.1 Å². The number of sulfonamides is 1. The summed E-state index contributed by atoms with van der Waals surface area (Å²) in [5.41, 5.74) is 3.69. The molecule has 6 rings (SSSR count). The molecule has 0 unspecified atom stereocenters. The monoisotopic (exact) mass is 714 g/mol. The van der Waals surface area contributed by atoms with Crippen LogP contribution in [0.1, 0.15) is 29.2 Å². The van der Waals surface area contributed by atoms with Crippen molar-refractivity contribution >= 4 is 72.0 Å². The molecule has 0 saturated carbocycles. The van der Waals surface area contributed by atoms with Gasteiger partial charge < -0.3 is 14.8 Å². The lowest BCUT2D eigenvalue weighted by molar-refractivity contribution is -0.136. The van der Waals surface area contributed by atoms with E-state index in [0.717, 1.165) is 37.0 Å². The lowest BCUT2D eigenvalue weighted by Crippen LogP contribution is -2.56. The number of H-pyrrole nitrogens is 1. The van der Waals surface area contributed by atoms with E-state index in [-0.39, 0.29) is 44.4 Å². The van der Waals surface area contributed by atoms with E-state index in [4.69, 9.17) is 11.6 Å². The zero-order valence-corrected chi connectivity index (χ0v) is 28.3. The normalized spacial score (nSPS) is 21.4. The number of carbonyl (C=O) groups is 2. The fraction of sp³-hybridized carbons (Fsp3) is 0.312. The van der Waals surface area contributed by atoms with Crippen LogP contribution in [0.5, 0.6) is 0 Å². The lowest BCUT2D eigenvalue weighted by Gasteiger charge is -2.42. The highest BCUT2D eigenvalue weighted by atomic mass is 79.9. The van der Waals surface area contributed by atoms with Gasteiger partial charge in [-0.05, 0) is 48.9 Å². The summed E-state index contributed by atoms with van der Waals surface area (Å²) in [5, 5.41) is 1.47. The zero-order chi connectivity index (χ0) is 31.2. The summed E-state index contributed by atoms with van der Waals surface area (Å²) < 4.78 is 25.6. The molecule has 2 saturated heterocycles. The topological polar surface area (TPSA) is 93.8 Å². The highest BCUT2D eigenvalue weighted by molar-refractivity contribution is 9.10. The van der Waals surface area contributed by atoms with Crippen LogP contribution >= 0.6 is 39.3 Å². The number of hydrogen-bond donors (Lipinski definition) is 1. The Labute approximate surface area is 274 Å². The van der Waals surface area contributed by atoms with Gasteiger partial charge in [0.15, 0.2) is 0 Å². The van der Waals surface area contributed by atoms with Crippen molar-refractivity contribution in [2.45, 2.75) is 35.6 Å². The number of aromatic nitrogens is 1. The standard InChI is InChI=1S/C32H32BrClN4O4S2/c1-21-3-10-25(11-4-21)43-32(31(40)36-13-15-37(16-14-36)44(2,41)42)18-29(39)38(20-22-5-7-23(33)8-6-22)30(32)27-19-35-28-17-24(34)9-12-26(27)28/h3-12,17,19,30,35H,13-16,18,20H2,1-2H3/t30-,32-/m0/s1. The van der Waals surface area contributed by atoms with Crippen molar-refractivity contribution < 1.29 is 18.0 Å². The van der Waals surface area contributed by atoms with Crippen molar-refractivity contribution in [3.63, 3.8) is 0 Å². The Morgan fingerprint density at radius 1 is 1.05 bits per heavy atom. The molecule has 44 heavy (non-hydrogen) atoms. The SMILES string of the molecule is Cc1ccc(S[C@@]2(C(=O)N3CCN(S(C)(=O)=O)CC3)CC(=O)N(Cc3ccc(Br)cc3)[C@H]2c2c[nH]c3cc(Cl)ccc23)cc1. The number of halogens is 2. The number of thioether (sulfide) groups is 1. The molecule has 230 valence electrons. The van der Waals surface area contributed by atoms with Crippen LogP contribution in [-0.4, -0.2) is 76.5 Å². The highest BCUT2D eigenvalue weighted by Crippen LogP contribution is 2.55. The number of nitrogens with zero attached hydrogens (tertiary/aromatic N) is 3. The molecule has 8 nitrogen and oxygen atoms in total. The van der Waals surface area contributed by atoms with Gasteiger partial charge in [0.05, 0.1) is 18.7 Å². The first-order valence-corrected chi connectivity index (χ1v) is 18.1. The Morgan fingerprint density at radius 2 is 1.73 bits per heavy atom. The summed E-state index contributed by atoms with van der Waals surface area (Å²) in [6.07, 6.45) is 3.07. The van der Waals surface area contributed by atoms with E-state index in [1.54, 1.807) is 4.90 Å². The van der Waals surface area contributed by atoms with Gasteiger partial charge >= 0.3 is 0 Å². The van der Waals surface area contributed by atoms with Gasteiger partial charge in [-0.3, -0.25) is 9.59 Å². The molecule has 2 amide bonds. The van der Waals surface area contributed by atoms with Gasteiger partial charge in [0, 0.05) is 69.8 Å². The second-order valence-corrected chi connectivity index (χ2v) is 16.2. The fourth-order valence-electron chi connectivity index (χ4n) is 6.19. The van der Waals surface area contributed by atoms with Crippen LogP contribution in [-0.2, 0) is 26.2 Å². The van der Waals surface area contributed by atoms with Crippen LogP contribution in [0, 0.1) is 6.92 Å². The van der Waals surface area contributed by atoms with E-state index in [2.05, 4.69) is 20.9 Å². The summed E-state index contributed by atoms with van der Waals surface area (Å²) >= 11 is 11.2. The molecular formula is C32H32BrClN4O4S2. The van der Waals surface area contributed by atoms with Gasteiger partial charge in [-0.25, -0.2) is 8.42 Å². The van der Waals surface area contributed by atoms with Gasteiger partial charge in [-0.2, -0.15) is 4.31 Å². The molecule has 0 spiro atoms. The minimum Gasteiger partial charge on any atom is -0.361 e. The van der Waals surface area contributed by atoms with Gasteiger partial charge in [-0.1, -0.05) is 63.4 Å². The van der Waals surface area contributed by atoms with E-state index in [1.807, 2.05) is 84.8 Å². The van der Waals surface area contributed by atoms with Crippen LogP contribution in [0.3, 0.4) is 0 Å². The van der Waals surface area contributed by atoms with Crippen LogP contribution in [0.2, 0.25) is 5.02 Å². The van der Waals surface area contributed by atoms with E-state index in [0.29, 0.717) is 11.6 Å². The molecule has 3 aromatic carbocycles. The number of fused-ring (bicyclic) bond motifs is 1. The third-order valence-electron chi connectivity index (χ3n) is 8.40. The Morgan fingerprint density at radius 3 is 2.39 bits per heavy atom. The molecule has 1 N–H and O–H groups in total. The number of carbonyl (C=O) groups excluding carboxylic acids is 2. The maximum absolute atomic E-state index is 15.0. The molecule has 0 bridgehead atoms. The number of piperazine rings is 1. The predicted molar refractivity (Wildman–Crippen MR) is 178 cm³/mol. The van der Waals surface area contributed by atoms with Crippen LogP contribution < -0.4 is 0 Å². The first-order chi connectivity index (χ1) is 20.9. The van der Waals surface area contributed by atoms with Gasteiger partial charge in [-0.15, -0.1) is 11.8 Å². The third-order valence-corrected chi connectivity index (χ3v) is 11.9. The molecule has 1 aromatic heterocycles. The number of hydrogen-bond acceptors (Lipinski definition) is 5. The van der Waals surface area contributed by atoms with Crippen LogP contribution in [0.4, 0.5) is 0 Å². The largest absolute Gasteiger partial charge is 0.361 e. The number of benzene rings is 3. The molecular weight excluding hydrogens is 684 g/mol. The zero-order valence-electron chi connectivity index (χ0n) is 24.3. The van der Waals surface area contributed by atoms with Gasteiger partial charge in [0.25, 0.3) is 0 Å². The van der Waals surface area contributed by atoms with Crippen molar-refractivity contribution in [1.29, 1.82) is 0 Å². The molecule has 12 heteroatoms. The lowest BCUT2D eigenvalue weighted by atomic mass is 9.90. The number of nitrogens with one attached hydrogen (secondary N) is 1. The maximum atomic E-state index is 15.0. The van der Waals surface area contributed by atoms with Crippen molar-refractivity contribution in [3.8, 4) is 0 Å². The molecule has 2 aliphatic rings. The van der Waals surface area contributed by atoms with Crippen molar-refractivity contribution in [2.24, 2.45) is 0 Å². The summed E-state index contributed by atoms with van der Waals surface area (Å²) in [5.74, 6) is -0.292. The number of aromatic amines is 1. The first kappa shape index (κ1) is 31.2. The summed E-state index contributed by atoms with van der Waals surface area (Å²) in [7, 11) is -3.38. The van der Waals surface area contributed by atoms with Gasteiger partial charge in [0.2, 0.25) is 21.8 Å². The van der Waals surface area contributed by atoms with Crippen LogP contribution in [0.15, 0.2) is 82.3 Å². The first-order valence-electron chi connectivity index (χ1n) is 14.3. The van der Waals surface area contributed by atoms with Gasteiger partial charge in [0.1, 0.15) is 4.75 Å². The molecule has 2 atom stereocenters. The Kier molecular flexibility index (Phi) is 8.62.